The summed E-state index contributed by atoms with van der Waals surface area (Å²) in [6.45, 7) is 2.90. The summed E-state index contributed by atoms with van der Waals surface area (Å²) in [4.78, 5) is 6.96. The van der Waals surface area contributed by atoms with Crippen molar-refractivity contribution < 1.29 is 0 Å². The van der Waals surface area contributed by atoms with Crippen LogP contribution in [0.4, 0.5) is 11.5 Å². The molecule has 0 saturated carbocycles. The summed E-state index contributed by atoms with van der Waals surface area (Å²) in [6.07, 6.45) is 2.06. The zero-order valence-electron chi connectivity index (χ0n) is 12.7. The molecule has 0 fully saturated rings. The van der Waals surface area contributed by atoms with Crippen LogP contribution in [0.15, 0.2) is 48.7 Å². The lowest BCUT2D eigenvalue weighted by Gasteiger charge is -2.20. The highest BCUT2D eigenvalue weighted by molar-refractivity contribution is 5.67. The first-order valence-corrected chi connectivity index (χ1v) is 7.12. The second-order valence-electron chi connectivity index (χ2n) is 5.19. The van der Waals surface area contributed by atoms with E-state index in [1.807, 2.05) is 25.2 Å². The summed E-state index contributed by atoms with van der Waals surface area (Å²) in [5.74, 6) is 0.991. The summed E-state index contributed by atoms with van der Waals surface area (Å²) < 4.78 is 2.14. The van der Waals surface area contributed by atoms with Gasteiger partial charge >= 0.3 is 0 Å². The molecular formula is C17H20N4. The van der Waals surface area contributed by atoms with Gasteiger partial charge in [0, 0.05) is 25.5 Å². The Kier molecular flexibility index (Phi) is 3.62. The Balaban J connectivity index is 2.15. The van der Waals surface area contributed by atoms with Gasteiger partial charge in [-0.25, -0.2) is 4.98 Å². The van der Waals surface area contributed by atoms with E-state index in [0.29, 0.717) is 0 Å². The molecule has 108 valence electrons. The molecule has 2 aromatic heterocycles. The summed E-state index contributed by atoms with van der Waals surface area (Å²) in [7, 11) is 4.03. The molecule has 0 bridgehead atoms. The van der Waals surface area contributed by atoms with Gasteiger partial charge in [-0.1, -0.05) is 24.3 Å². The molecule has 0 saturated heterocycles. The molecule has 3 aromatic rings. The fourth-order valence-electron chi connectivity index (χ4n) is 2.69. The maximum atomic E-state index is 4.80. The minimum Gasteiger partial charge on any atom is -0.328 e. The van der Waals surface area contributed by atoms with Crippen LogP contribution in [0.5, 0.6) is 0 Å². The van der Waals surface area contributed by atoms with Crippen LogP contribution in [0.1, 0.15) is 11.3 Å². The molecule has 0 atom stereocenters. The Morgan fingerprint density at radius 1 is 1.14 bits per heavy atom. The van der Waals surface area contributed by atoms with Crippen molar-refractivity contribution in [1.82, 2.24) is 14.7 Å². The first kappa shape index (κ1) is 13.6. The molecule has 0 aliphatic heterocycles. The lowest BCUT2D eigenvalue weighted by Crippen LogP contribution is -2.16. The van der Waals surface area contributed by atoms with Crippen LogP contribution in [0, 0.1) is 6.92 Å². The number of para-hydroxylation sites is 1. The second kappa shape index (κ2) is 5.58. The number of nitrogens with zero attached hydrogens (tertiary/aromatic N) is 3. The Morgan fingerprint density at radius 3 is 2.67 bits per heavy atom. The van der Waals surface area contributed by atoms with Crippen LogP contribution in [0.3, 0.4) is 0 Å². The Bertz CT molecular complexity index is 760. The van der Waals surface area contributed by atoms with E-state index in [-0.39, 0.29) is 0 Å². The smallest absolute Gasteiger partial charge is 0.156 e. The topological polar surface area (TPSA) is 32.6 Å². The molecule has 0 radical (unpaired) electrons. The standard InChI is InChI=1S/C17H20N4/c1-13-8-4-5-9-14(13)20(3)17-15(12-18-2)21-11-7-6-10-16(21)19-17/h4-11,18H,12H2,1-3H3. The number of pyridine rings is 1. The minimum absolute atomic E-state index is 0.775. The number of aryl methyl sites for hydroxylation is 1. The van der Waals surface area contributed by atoms with Crippen LogP contribution in [-0.2, 0) is 6.54 Å². The van der Waals surface area contributed by atoms with Crippen molar-refractivity contribution >= 4 is 17.2 Å². The third-order valence-electron chi connectivity index (χ3n) is 3.75. The van der Waals surface area contributed by atoms with Gasteiger partial charge in [-0.3, -0.25) is 0 Å². The molecule has 1 aromatic carbocycles. The fraction of sp³-hybridized carbons (Fsp3) is 0.235. The van der Waals surface area contributed by atoms with E-state index >= 15 is 0 Å². The third-order valence-corrected chi connectivity index (χ3v) is 3.75. The predicted octanol–water partition coefficient (Wildman–Crippen LogP) is 3.13. The first-order chi connectivity index (χ1) is 10.2. The van der Waals surface area contributed by atoms with Crippen molar-refractivity contribution in [3.63, 3.8) is 0 Å². The molecule has 0 spiro atoms. The van der Waals surface area contributed by atoms with Gasteiger partial charge in [0.1, 0.15) is 5.65 Å². The summed E-state index contributed by atoms with van der Waals surface area (Å²) >= 11 is 0. The molecule has 0 aliphatic carbocycles. The highest BCUT2D eigenvalue weighted by Gasteiger charge is 2.17. The molecule has 2 heterocycles. The normalized spacial score (nSPS) is 11.0. The van der Waals surface area contributed by atoms with E-state index in [0.717, 1.165) is 18.0 Å². The van der Waals surface area contributed by atoms with Gasteiger partial charge in [-0.2, -0.15) is 0 Å². The van der Waals surface area contributed by atoms with Gasteiger partial charge in [0.25, 0.3) is 0 Å². The van der Waals surface area contributed by atoms with Crippen molar-refractivity contribution in [3.05, 3.63) is 59.9 Å². The number of aromatic nitrogens is 2. The number of benzene rings is 1. The van der Waals surface area contributed by atoms with Gasteiger partial charge in [0.2, 0.25) is 0 Å². The van der Waals surface area contributed by atoms with Gasteiger partial charge in [-0.05, 0) is 37.7 Å². The van der Waals surface area contributed by atoms with Gasteiger partial charge in [0.15, 0.2) is 5.82 Å². The molecule has 1 N–H and O–H groups in total. The van der Waals surface area contributed by atoms with Crippen LogP contribution >= 0.6 is 0 Å². The number of fused-ring (bicyclic) bond motifs is 1. The predicted molar refractivity (Wildman–Crippen MR) is 87.2 cm³/mol. The third kappa shape index (κ3) is 2.38. The number of nitrogens with one attached hydrogen (secondary N) is 1. The summed E-state index contributed by atoms with van der Waals surface area (Å²) in [5.41, 5.74) is 4.56. The number of rotatable bonds is 4. The maximum Gasteiger partial charge on any atom is 0.156 e. The van der Waals surface area contributed by atoms with Crippen molar-refractivity contribution in [2.45, 2.75) is 13.5 Å². The van der Waals surface area contributed by atoms with E-state index in [1.165, 1.54) is 16.9 Å². The van der Waals surface area contributed by atoms with E-state index in [9.17, 15) is 0 Å². The Labute approximate surface area is 125 Å². The van der Waals surface area contributed by atoms with Crippen LogP contribution < -0.4 is 10.2 Å². The first-order valence-electron chi connectivity index (χ1n) is 7.12. The minimum atomic E-state index is 0.775. The fourth-order valence-corrected chi connectivity index (χ4v) is 2.69. The van der Waals surface area contributed by atoms with Crippen LogP contribution in [-0.4, -0.2) is 23.5 Å². The number of anilines is 2. The zero-order chi connectivity index (χ0) is 14.8. The Hall–Kier alpha value is -2.33. The number of imidazole rings is 1. The van der Waals surface area contributed by atoms with Gasteiger partial charge in [0.05, 0.1) is 5.69 Å². The van der Waals surface area contributed by atoms with Crippen molar-refractivity contribution in [1.29, 1.82) is 0 Å². The zero-order valence-corrected chi connectivity index (χ0v) is 12.7. The van der Waals surface area contributed by atoms with Crippen molar-refractivity contribution in [3.8, 4) is 0 Å². The van der Waals surface area contributed by atoms with Crippen molar-refractivity contribution in [2.75, 3.05) is 19.0 Å². The average molecular weight is 280 g/mol. The molecule has 0 amide bonds. The molecule has 3 rings (SSSR count). The molecule has 21 heavy (non-hydrogen) atoms. The molecule has 4 nitrogen and oxygen atoms in total. The summed E-state index contributed by atoms with van der Waals surface area (Å²) in [6, 6.07) is 14.5. The highest BCUT2D eigenvalue weighted by atomic mass is 15.2. The van der Waals surface area contributed by atoms with E-state index in [4.69, 9.17) is 4.98 Å². The van der Waals surface area contributed by atoms with Gasteiger partial charge < -0.3 is 14.6 Å². The molecule has 0 unspecified atom stereocenters. The molecule has 0 aliphatic rings. The lowest BCUT2D eigenvalue weighted by atomic mass is 10.2. The van der Waals surface area contributed by atoms with E-state index in [1.54, 1.807) is 0 Å². The quantitative estimate of drug-likeness (QED) is 0.797. The largest absolute Gasteiger partial charge is 0.328 e. The Morgan fingerprint density at radius 2 is 1.90 bits per heavy atom. The summed E-state index contributed by atoms with van der Waals surface area (Å²) in [5, 5.41) is 3.24. The van der Waals surface area contributed by atoms with Gasteiger partial charge in [-0.15, -0.1) is 0 Å². The molecular weight excluding hydrogens is 260 g/mol. The van der Waals surface area contributed by atoms with E-state index < -0.39 is 0 Å². The number of hydrogen-bond acceptors (Lipinski definition) is 3. The van der Waals surface area contributed by atoms with Crippen molar-refractivity contribution in [2.24, 2.45) is 0 Å². The lowest BCUT2D eigenvalue weighted by molar-refractivity contribution is 0.780. The maximum absolute atomic E-state index is 4.80. The average Bonchev–Trinajstić information content (AvgIpc) is 2.87. The SMILES string of the molecule is CNCc1c(N(C)c2ccccc2C)nc2ccccn12. The van der Waals surface area contributed by atoms with E-state index in [2.05, 4.69) is 59.1 Å². The highest BCUT2D eigenvalue weighted by Crippen LogP contribution is 2.29. The monoisotopic (exact) mass is 280 g/mol. The number of hydrogen-bond donors (Lipinski definition) is 1. The second-order valence-corrected chi connectivity index (χ2v) is 5.19. The van der Waals surface area contributed by atoms with Crippen LogP contribution in [0.2, 0.25) is 0 Å². The molecule has 4 heteroatoms. The van der Waals surface area contributed by atoms with Crippen LogP contribution in [0.25, 0.3) is 5.65 Å².